The van der Waals surface area contributed by atoms with Crippen molar-refractivity contribution >= 4 is 28.4 Å². The van der Waals surface area contributed by atoms with Gasteiger partial charge >= 0.3 is 0 Å². The van der Waals surface area contributed by atoms with Gasteiger partial charge in [-0.3, -0.25) is 9.59 Å². The second kappa shape index (κ2) is 12.8. The number of pyridine rings is 1. The zero-order valence-corrected chi connectivity index (χ0v) is 26.1. The van der Waals surface area contributed by atoms with Crippen LogP contribution in [0.1, 0.15) is 28.8 Å². The highest BCUT2D eigenvalue weighted by molar-refractivity contribution is 6.04. The lowest BCUT2D eigenvalue weighted by atomic mass is 10.2. The molecular formula is C35H29F2N7O5. The number of carbonyl (C=O) groups excluding carboxylic acids is 1. The number of ether oxygens (including phenoxy) is 2. The Labute approximate surface area is 277 Å². The van der Waals surface area contributed by atoms with Crippen molar-refractivity contribution in [3.63, 3.8) is 0 Å². The van der Waals surface area contributed by atoms with Crippen LogP contribution in [-0.4, -0.2) is 54.8 Å². The first-order valence-corrected chi connectivity index (χ1v) is 15.3. The van der Waals surface area contributed by atoms with Gasteiger partial charge in [0.25, 0.3) is 11.5 Å². The fourth-order valence-corrected chi connectivity index (χ4v) is 5.31. The van der Waals surface area contributed by atoms with Crippen molar-refractivity contribution in [3.8, 4) is 22.9 Å². The minimum atomic E-state index is -0.787. The first kappa shape index (κ1) is 31.4. The average molecular weight is 666 g/mol. The number of aliphatic hydroxyl groups excluding tert-OH is 1. The van der Waals surface area contributed by atoms with Gasteiger partial charge in [0, 0.05) is 30.2 Å². The normalized spacial score (nSPS) is 13.2. The van der Waals surface area contributed by atoms with Crippen LogP contribution in [0.2, 0.25) is 0 Å². The van der Waals surface area contributed by atoms with E-state index >= 15 is 4.39 Å². The zero-order valence-electron chi connectivity index (χ0n) is 26.1. The quantitative estimate of drug-likeness (QED) is 0.168. The van der Waals surface area contributed by atoms with Crippen LogP contribution in [0.4, 0.5) is 20.3 Å². The zero-order chi connectivity index (χ0) is 34.1. The molecule has 6 aromatic rings. The van der Waals surface area contributed by atoms with Gasteiger partial charge in [-0.15, -0.1) is 0 Å². The number of aromatic nitrogens is 5. The van der Waals surface area contributed by atoms with E-state index in [4.69, 9.17) is 14.6 Å². The smallest absolute Gasteiger partial charge is 0.284 e. The first-order chi connectivity index (χ1) is 23.8. The molecule has 248 valence electrons. The Bertz CT molecular complexity index is 2230. The van der Waals surface area contributed by atoms with E-state index in [2.05, 4.69) is 20.7 Å². The summed E-state index contributed by atoms with van der Waals surface area (Å²) in [4.78, 5) is 30.6. The fraction of sp³-hybridized carbons (Fsp3) is 0.171. The molecule has 3 aromatic heterocycles. The molecule has 49 heavy (non-hydrogen) atoms. The number of nitrogens with zero attached hydrogens (tertiary/aromatic N) is 5. The molecular weight excluding hydrogens is 636 g/mol. The highest BCUT2D eigenvalue weighted by atomic mass is 19.1. The molecule has 1 fully saturated rings. The highest BCUT2D eigenvalue weighted by Gasteiger charge is 2.43. The number of benzene rings is 3. The van der Waals surface area contributed by atoms with Crippen molar-refractivity contribution in [2.75, 3.05) is 24.4 Å². The third kappa shape index (κ3) is 6.41. The number of fused-ring (bicyclic) bond motifs is 1. The van der Waals surface area contributed by atoms with Gasteiger partial charge in [-0.1, -0.05) is 12.1 Å². The van der Waals surface area contributed by atoms with Gasteiger partial charge in [-0.05, 0) is 73.0 Å². The molecule has 14 heteroatoms. The topological polar surface area (TPSA) is 145 Å². The summed E-state index contributed by atoms with van der Waals surface area (Å²) in [6.45, 7) is 0.289. The molecule has 0 bridgehead atoms. The monoisotopic (exact) mass is 665 g/mol. The van der Waals surface area contributed by atoms with E-state index < -0.39 is 28.6 Å². The van der Waals surface area contributed by atoms with Crippen LogP contribution in [0.5, 0.6) is 17.2 Å². The molecule has 0 atom stereocenters. The molecule has 0 spiro atoms. The van der Waals surface area contributed by atoms with Gasteiger partial charge in [0.05, 0.1) is 31.5 Å². The van der Waals surface area contributed by atoms with E-state index in [1.807, 2.05) is 24.3 Å². The van der Waals surface area contributed by atoms with Crippen molar-refractivity contribution in [2.24, 2.45) is 0 Å². The van der Waals surface area contributed by atoms with Crippen LogP contribution in [0.25, 0.3) is 16.7 Å². The first-order valence-electron chi connectivity index (χ1n) is 15.3. The lowest BCUT2D eigenvalue weighted by molar-refractivity contribution is 0.102. The van der Waals surface area contributed by atoms with Crippen molar-refractivity contribution in [1.29, 1.82) is 0 Å². The number of aliphatic hydroxyl groups is 1. The number of amides is 1. The Morgan fingerprint density at radius 1 is 0.980 bits per heavy atom. The second-order valence-corrected chi connectivity index (χ2v) is 11.6. The minimum Gasteiger partial charge on any atom is -0.497 e. The number of halogens is 2. The Hall–Kier alpha value is -6.15. The predicted octanol–water partition coefficient (Wildman–Crippen LogP) is 5.29. The fourth-order valence-electron chi connectivity index (χ4n) is 5.31. The highest BCUT2D eigenvalue weighted by Crippen LogP contribution is 2.42. The molecule has 1 aliphatic rings. The van der Waals surface area contributed by atoms with Crippen LogP contribution in [0, 0.1) is 11.6 Å². The summed E-state index contributed by atoms with van der Waals surface area (Å²) in [5.74, 6) is -0.759. The molecule has 3 aromatic carbocycles. The van der Waals surface area contributed by atoms with Crippen molar-refractivity contribution in [3.05, 3.63) is 124 Å². The summed E-state index contributed by atoms with van der Waals surface area (Å²) in [6.07, 6.45) is 4.31. The molecule has 7 rings (SSSR count). The minimum absolute atomic E-state index is 0.0764. The summed E-state index contributed by atoms with van der Waals surface area (Å²) < 4.78 is 42.9. The van der Waals surface area contributed by atoms with Crippen LogP contribution in [0.15, 0.2) is 96.1 Å². The van der Waals surface area contributed by atoms with Crippen molar-refractivity contribution in [1.82, 2.24) is 24.5 Å². The Morgan fingerprint density at radius 3 is 2.45 bits per heavy atom. The Balaban J connectivity index is 1.15. The number of nitrogens with one attached hydrogen (secondary N) is 2. The van der Waals surface area contributed by atoms with Gasteiger partial charge in [-0.2, -0.15) is 14.9 Å². The largest absolute Gasteiger partial charge is 0.497 e. The summed E-state index contributed by atoms with van der Waals surface area (Å²) in [6, 6.07) is 19.3. The molecule has 3 heterocycles. The third-order valence-electron chi connectivity index (χ3n) is 8.20. The molecule has 1 saturated carbocycles. The standard InChI is InChI=1S/C35H29F2N7O5/c1-48-25-9-2-21(3-10-25)19-43-32-30(31(42-43)41-35(20-45)14-15-35)29(13-16-38-32)49-28-11-6-23(18-27(28)37)40-33(46)26-12-17-39-44(34(26)47)24-7-4-22(36)5-8-24/h2-13,16-18,45H,14-15,19-20H2,1H3,(H,40,46)(H,41,42). The summed E-state index contributed by atoms with van der Waals surface area (Å²) >= 11 is 0. The maximum Gasteiger partial charge on any atom is 0.284 e. The molecule has 0 unspecified atom stereocenters. The van der Waals surface area contributed by atoms with Crippen LogP contribution in [-0.2, 0) is 6.54 Å². The summed E-state index contributed by atoms with van der Waals surface area (Å²) in [5, 5.41) is 25.1. The molecule has 3 N–H and O–H groups in total. The molecule has 12 nitrogen and oxygen atoms in total. The molecule has 1 amide bonds. The van der Waals surface area contributed by atoms with Crippen LogP contribution in [0.3, 0.4) is 0 Å². The van der Waals surface area contributed by atoms with E-state index in [0.29, 0.717) is 23.4 Å². The van der Waals surface area contributed by atoms with E-state index in [-0.39, 0.29) is 35.0 Å². The molecule has 0 saturated heterocycles. The van der Waals surface area contributed by atoms with Gasteiger partial charge in [0.15, 0.2) is 23.0 Å². The summed E-state index contributed by atoms with van der Waals surface area (Å²) in [5.41, 5.74) is 0.277. The van der Waals surface area contributed by atoms with E-state index in [1.165, 1.54) is 54.9 Å². The summed E-state index contributed by atoms with van der Waals surface area (Å²) in [7, 11) is 1.60. The maximum atomic E-state index is 15.5. The van der Waals surface area contributed by atoms with Crippen LogP contribution >= 0.6 is 0 Å². The molecule has 0 radical (unpaired) electrons. The third-order valence-corrected chi connectivity index (χ3v) is 8.20. The van der Waals surface area contributed by atoms with Gasteiger partial charge in [-0.25, -0.2) is 18.4 Å². The van der Waals surface area contributed by atoms with Crippen LogP contribution < -0.4 is 25.7 Å². The number of hydrogen-bond donors (Lipinski definition) is 3. The SMILES string of the molecule is COc1ccc(Cn2nc(NC3(CO)CC3)c3c(Oc4ccc(NC(=O)c5ccnn(-c6ccc(F)cc6)c5=O)cc4F)ccnc32)cc1. The number of methoxy groups -OCH3 is 1. The lowest BCUT2D eigenvalue weighted by Crippen LogP contribution is -2.29. The van der Waals surface area contributed by atoms with E-state index in [0.717, 1.165) is 34.9 Å². The number of anilines is 2. The maximum absolute atomic E-state index is 15.5. The van der Waals surface area contributed by atoms with Crippen molar-refractivity contribution in [2.45, 2.75) is 24.9 Å². The Kier molecular flexibility index (Phi) is 8.22. The van der Waals surface area contributed by atoms with E-state index in [9.17, 15) is 19.1 Å². The number of carbonyl (C=O) groups is 1. The molecule has 1 aliphatic carbocycles. The van der Waals surface area contributed by atoms with Gasteiger partial charge < -0.3 is 25.2 Å². The predicted molar refractivity (Wildman–Crippen MR) is 177 cm³/mol. The average Bonchev–Trinajstić information content (AvgIpc) is 3.81. The van der Waals surface area contributed by atoms with E-state index in [1.54, 1.807) is 17.9 Å². The number of hydrogen-bond acceptors (Lipinski definition) is 9. The Morgan fingerprint density at radius 2 is 1.76 bits per heavy atom. The van der Waals surface area contributed by atoms with Gasteiger partial charge in [0.2, 0.25) is 0 Å². The lowest BCUT2D eigenvalue weighted by Gasteiger charge is -2.15. The van der Waals surface area contributed by atoms with Crippen molar-refractivity contribution < 1.29 is 28.2 Å². The molecule has 0 aliphatic heterocycles. The number of rotatable bonds is 11. The van der Waals surface area contributed by atoms with Gasteiger partial charge in [0.1, 0.15) is 28.3 Å². The second-order valence-electron chi connectivity index (χ2n) is 11.6.